The molecule has 0 aromatic heterocycles. The monoisotopic (exact) mass is 220 g/mol. The first-order valence-corrected chi connectivity index (χ1v) is 5.27. The molecule has 0 N–H and O–H groups in total. The van der Waals surface area contributed by atoms with Gasteiger partial charge in [-0.05, 0) is 12.5 Å². The van der Waals surface area contributed by atoms with Crippen molar-refractivity contribution in [2.75, 3.05) is 6.61 Å². The SMILES string of the molecule is C=CCC(OC(=O)OCC)c1ccccc1. The Morgan fingerprint density at radius 1 is 1.44 bits per heavy atom. The molecule has 1 aromatic carbocycles. The second kappa shape index (κ2) is 6.67. The number of hydrogen-bond donors (Lipinski definition) is 0. The lowest BCUT2D eigenvalue weighted by molar-refractivity contribution is 0.0266. The standard InChI is InChI=1S/C13H16O3/c1-3-8-12(16-13(14)15-4-2)11-9-6-5-7-10-11/h3,5-7,9-10,12H,1,4,8H2,2H3. The molecule has 3 nitrogen and oxygen atoms in total. The Bertz CT molecular complexity index is 332. The van der Waals surface area contributed by atoms with Crippen LogP contribution < -0.4 is 0 Å². The van der Waals surface area contributed by atoms with E-state index in [4.69, 9.17) is 9.47 Å². The Kier molecular flexibility index (Phi) is 5.12. The molecular weight excluding hydrogens is 204 g/mol. The van der Waals surface area contributed by atoms with Crippen molar-refractivity contribution in [3.05, 3.63) is 48.6 Å². The van der Waals surface area contributed by atoms with Crippen LogP contribution in [0, 0.1) is 0 Å². The topological polar surface area (TPSA) is 35.5 Å². The lowest BCUT2D eigenvalue weighted by Gasteiger charge is -2.15. The number of hydrogen-bond acceptors (Lipinski definition) is 3. The summed E-state index contributed by atoms with van der Waals surface area (Å²) in [5.74, 6) is 0. The molecule has 0 heterocycles. The summed E-state index contributed by atoms with van der Waals surface area (Å²) in [6, 6.07) is 9.54. The highest BCUT2D eigenvalue weighted by Crippen LogP contribution is 2.21. The van der Waals surface area contributed by atoms with Gasteiger partial charge >= 0.3 is 6.16 Å². The summed E-state index contributed by atoms with van der Waals surface area (Å²) in [4.78, 5) is 11.2. The summed E-state index contributed by atoms with van der Waals surface area (Å²) in [7, 11) is 0. The number of rotatable bonds is 5. The molecule has 0 bridgehead atoms. The third-order valence-corrected chi connectivity index (χ3v) is 2.05. The second-order valence-electron chi connectivity index (χ2n) is 3.22. The maximum atomic E-state index is 11.2. The summed E-state index contributed by atoms with van der Waals surface area (Å²) in [5, 5.41) is 0. The molecule has 0 radical (unpaired) electrons. The van der Waals surface area contributed by atoms with E-state index in [-0.39, 0.29) is 6.10 Å². The Hall–Kier alpha value is -1.77. The van der Waals surface area contributed by atoms with Crippen molar-refractivity contribution in [3.8, 4) is 0 Å². The van der Waals surface area contributed by atoms with Crippen molar-refractivity contribution in [1.82, 2.24) is 0 Å². The van der Waals surface area contributed by atoms with E-state index in [0.29, 0.717) is 13.0 Å². The van der Waals surface area contributed by atoms with Crippen LogP contribution in [0.2, 0.25) is 0 Å². The third-order valence-electron chi connectivity index (χ3n) is 2.05. The van der Waals surface area contributed by atoms with Gasteiger partial charge in [-0.15, -0.1) is 6.58 Å². The number of carbonyl (C=O) groups is 1. The van der Waals surface area contributed by atoms with Gasteiger partial charge in [-0.3, -0.25) is 0 Å². The number of carbonyl (C=O) groups excluding carboxylic acids is 1. The zero-order valence-corrected chi connectivity index (χ0v) is 9.39. The van der Waals surface area contributed by atoms with Gasteiger partial charge in [0, 0.05) is 6.42 Å². The van der Waals surface area contributed by atoms with E-state index >= 15 is 0 Å². The molecule has 0 fully saturated rings. The zero-order chi connectivity index (χ0) is 11.8. The van der Waals surface area contributed by atoms with Crippen molar-refractivity contribution in [2.24, 2.45) is 0 Å². The lowest BCUT2D eigenvalue weighted by Crippen LogP contribution is -2.12. The second-order valence-corrected chi connectivity index (χ2v) is 3.22. The van der Waals surface area contributed by atoms with Crippen LogP contribution in [-0.4, -0.2) is 12.8 Å². The van der Waals surface area contributed by atoms with Crippen LogP contribution in [0.3, 0.4) is 0 Å². The van der Waals surface area contributed by atoms with Gasteiger partial charge in [-0.2, -0.15) is 0 Å². The van der Waals surface area contributed by atoms with E-state index in [1.54, 1.807) is 13.0 Å². The molecule has 1 atom stereocenters. The molecule has 3 heteroatoms. The Morgan fingerprint density at radius 3 is 2.69 bits per heavy atom. The van der Waals surface area contributed by atoms with Crippen LogP contribution in [0.25, 0.3) is 0 Å². The van der Waals surface area contributed by atoms with Gasteiger partial charge in [-0.1, -0.05) is 36.4 Å². The third kappa shape index (κ3) is 3.77. The minimum atomic E-state index is -0.641. The summed E-state index contributed by atoms with van der Waals surface area (Å²) in [6.07, 6.45) is 1.33. The average Bonchev–Trinajstić information content (AvgIpc) is 2.30. The van der Waals surface area contributed by atoms with Crippen molar-refractivity contribution < 1.29 is 14.3 Å². The first kappa shape index (κ1) is 12.3. The van der Waals surface area contributed by atoms with E-state index in [2.05, 4.69) is 6.58 Å². The molecule has 0 aliphatic heterocycles. The van der Waals surface area contributed by atoms with Gasteiger partial charge in [0.15, 0.2) is 0 Å². The summed E-state index contributed by atoms with van der Waals surface area (Å²) >= 11 is 0. The smallest absolute Gasteiger partial charge is 0.435 e. The van der Waals surface area contributed by atoms with Crippen molar-refractivity contribution in [3.63, 3.8) is 0 Å². The zero-order valence-electron chi connectivity index (χ0n) is 9.39. The quantitative estimate of drug-likeness (QED) is 0.563. The Balaban J connectivity index is 2.68. The molecule has 0 saturated heterocycles. The van der Waals surface area contributed by atoms with E-state index in [9.17, 15) is 4.79 Å². The normalized spacial score (nSPS) is 11.6. The van der Waals surface area contributed by atoms with Crippen LogP contribution in [0.5, 0.6) is 0 Å². The first-order valence-electron chi connectivity index (χ1n) is 5.27. The molecular formula is C13H16O3. The maximum Gasteiger partial charge on any atom is 0.508 e. The Morgan fingerprint density at radius 2 is 2.12 bits per heavy atom. The van der Waals surface area contributed by atoms with Gasteiger partial charge in [0.2, 0.25) is 0 Å². The fourth-order valence-corrected chi connectivity index (χ4v) is 1.34. The highest BCUT2D eigenvalue weighted by atomic mass is 16.7. The Labute approximate surface area is 95.7 Å². The minimum Gasteiger partial charge on any atom is -0.435 e. The minimum absolute atomic E-state index is 0.314. The van der Waals surface area contributed by atoms with Crippen LogP contribution in [0.1, 0.15) is 25.0 Å². The first-order chi connectivity index (χ1) is 7.77. The predicted molar refractivity (Wildman–Crippen MR) is 62.1 cm³/mol. The molecule has 0 aliphatic rings. The number of ether oxygens (including phenoxy) is 2. The fraction of sp³-hybridized carbons (Fsp3) is 0.308. The van der Waals surface area contributed by atoms with Gasteiger partial charge in [0.25, 0.3) is 0 Å². The largest absolute Gasteiger partial charge is 0.508 e. The van der Waals surface area contributed by atoms with E-state index in [1.165, 1.54) is 0 Å². The van der Waals surface area contributed by atoms with Crippen LogP contribution >= 0.6 is 0 Å². The maximum absolute atomic E-state index is 11.2. The molecule has 86 valence electrons. The van der Waals surface area contributed by atoms with Crippen molar-refractivity contribution in [1.29, 1.82) is 0 Å². The van der Waals surface area contributed by atoms with E-state index in [1.807, 2.05) is 30.3 Å². The average molecular weight is 220 g/mol. The van der Waals surface area contributed by atoms with Crippen LogP contribution in [0.4, 0.5) is 4.79 Å². The van der Waals surface area contributed by atoms with Crippen LogP contribution in [-0.2, 0) is 9.47 Å². The molecule has 0 saturated carbocycles. The summed E-state index contributed by atoms with van der Waals surface area (Å²) < 4.78 is 9.93. The van der Waals surface area contributed by atoms with Gasteiger partial charge < -0.3 is 9.47 Å². The molecule has 16 heavy (non-hydrogen) atoms. The number of benzene rings is 1. The van der Waals surface area contributed by atoms with Crippen molar-refractivity contribution >= 4 is 6.16 Å². The predicted octanol–water partition coefficient (Wildman–Crippen LogP) is 3.48. The molecule has 1 rings (SSSR count). The molecule has 0 aliphatic carbocycles. The summed E-state index contributed by atoms with van der Waals surface area (Å²) in [6.45, 7) is 5.70. The van der Waals surface area contributed by atoms with Crippen molar-refractivity contribution in [2.45, 2.75) is 19.4 Å². The van der Waals surface area contributed by atoms with Crippen LogP contribution in [0.15, 0.2) is 43.0 Å². The van der Waals surface area contributed by atoms with Gasteiger partial charge in [-0.25, -0.2) is 4.79 Å². The fourth-order valence-electron chi connectivity index (χ4n) is 1.34. The van der Waals surface area contributed by atoms with Gasteiger partial charge in [0.05, 0.1) is 6.61 Å². The molecule has 0 spiro atoms. The lowest BCUT2D eigenvalue weighted by atomic mass is 10.1. The van der Waals surface area contributed by atoms with E-state index in [0.717, 1.165) is 5.56 Å². The highest BCUT2D eigenvalue weighted by Gasteiger charge is 2.15. The molecule has 1 unspecified atom stereocenters. The molecule has 0 amide bonds. The van der Waals surface area contributed by atoms with E-state index < -0.39 is 6.16 Å². The van der Waals surface area contributed by atoms with Gasteiger partial charge in [0.1, 0.15) is 6.10 Å². The molecule has 1 aromatic rings. The highest BCUT2D eigenvalue weighted by molar-refractivity contribution is 5.60. The summed E-state index contributed by atoms with van der Waals surface area (Å²) in [5.41, 5.74) is 0.940.